The minimum absolute atomic E-state index is 0.153. The number of amides is 1. The van der Waals surface area contributed by atoms with Gasteiger partial charge in [0.25, 0.3) is 0 Å². The monoisotopic (exact) mass is 313 g/mol. The predicted octanol–water partition coefficient (Wildman–Crippen LogP) is 2.66. The summed E-state index contributed by atoms with van der Waals surface area (Å²) in [5.74, 6) is -2.31. The van der Waals surface area contributed by atoms with Gasteiger partial charge in [-0.2, -0.15) is 0 Å². The number of rotatable bonds is 2. The van der Waals surface area contributed by atoms with E-state index in [0.29, 0.717) is 6.42 Å². The predicted molar refractivity (Wildman–Crippen MR) is 73.0 cm³/mol. The van der Waals surface area contributed by atoms with Crippen molar-refractivity contribution < 1.29 is 27.8 Å². The van der Waals surface area contributed by atoms with Crippen LogP contribution in [0.2, 0.25) is 0 Å². The number of hydrogen-bond acceptors (Lipinski definition) is 4. The Morgan fingerprint density at radius 1 is 1.23 bits per heavy atom. The first-order valence-electron chi connectivity index (χ1n) is 6.85. The molecule has 1 aliphatic rings. The molecule has 2 unspecified atom stereocenters. The highest BCUT2D eigenvalue weighted by Crippen LogP contribution is 2.36. The van der Waals surface area contributed by atoms with Crippen LogP contribution in [-0.2, 0) is 14.3 Å². The third-order valence-electron chi connectivity index (χ3n) is 3.87. The van der Waals surface area contributed by atoms with Crippen molar-refractivity contribution in [3.05, 3.63) is 35.4 Å². The maximum absolute atomic E-state index is 14.1. The fraction of sp³-hybridized carbons (Fsp3) is 0.467. The van der Waals surface area contributed by atoms with Gasteiger partial charge >= 0.3 is 12.1 Å². The zero-order valence-electron chi connectivity index (χ0n) is 12.3. The number of nitrogens with zero attached hydrogens (tertiary/aromatic N) is 1. The molecule has 1 aromatic rings. The molecule has 2 atom stereocenters. The van der Waals surface area contributed by atoms with Gasteiger partial charge in [0, 0.05) is 18.2 Å². The molecule has 0 saturated carbocycles. The zero-order chi connectivity index (χ0) is 16.3. The van der Waals surface area contributed by atoms with E-state index in [0.717, 1.165) is 12.1 Å². The van der Waals surface area contributed by atoms with Gasteiger partial charge in [-0.25, -0.2) is 13.6 Å². The van der Waals surface area contributed by atoms with Gasteiger partial charge in [-0.05, 0) is 18.9 Å². The molecule has 0 N–H and O–H groups in total. The highest BCUT2D eigenvalue weighted by atomic mass is 19.1. The number of halogens is 2. The molecule has 1 aromatic carbocycles. The first-order chi connectivity index (χ1) is 10.5. The fourth-order valence-corrected chi connectivity index (χ4v) is 2.75. The highest BCUT2D eigenvalue weighted by Gasteiger charge is 2.37. The smallest absolute Gasteiger partial charge is 0.409 e. The van der Waals surface area contributed by atoms with Gasteiger partial charge in [0.1, 0.15) is 11.6 Å². The van der Waals surface area contributed by atoms with Crippen molar-refractivity contribution >= 4 is 12.1 Å². The topological polar surface area (TPSA) is 55.8 Å². The van der Waals surface area contributed by atoms with E-state index < -0.39 is 35.7 Å². The summed E-state index contributed by atoms with van der Waals surface area (Å²) in [4.78, 5) is 24.9. The Bertz CT molecular complexity index is 579. The van der Waals surface area contributed by atoms with Crippen LogP contribution >= 0.6 is 0 Å². The van der Waals surface area contributed by atoms with E-state index in [1.54, 1.807) is 0 Å². The number of likely N-dealkylation sites (tertiary alicyclic amines) is 1. The summed E-state index contributed by atoms with van der Waals surface area (Å²) in [5, 5.41) is 0. The minimum atomic E-state index is -0.760. The summed E-state index contributed by atoms with van der Waals surface area (Å²) in [6.07, 6.45) is -0.0113. The third-order valence-corrected chi connectivity index (χ3v) is 3.87. The second kappa shape index (κ2) is 6.72. The van der Waals surface area contributed by atoms with Crippen LogP contribution in [0.25, 0.3) is 0 Å². The van der Waals surface area contributed by atoms with Crippen LogP contribution in [-0.4, -0.2) is 37.7 Å². The number of ether oxygens (including phenoxy) is 2. The SMILES string of the molecule is COC(=O)C1CCN(C(=O)OC)C(c2ccc(F)cc2F)C1. The Morgan fingerprint density at radius 3 is 2.55 bits per heavy atom. The van der Waals surface area contributed by atoms with Crippen molar-refractivity contribution in [3.8, 4) is 0 Å². The van der Waals surface area contributed by atoms with Gasteiger partial charge in [0.2, 0.25) is 0 Å². The molecular weight excluding hydrogens is 296 g/mol. The maximum atomic E-state index is 14.1. The second-order valence-corrected chi connectivity index (χ2v) is 5.09. The molecule has 0 aliphatic carbocycles. The Balaban J connectivity index is 2.34. The molecule has 120 valence electrons. The van der Waals surface area contributed by atoms with Crippen LogP contribution in [0.3, 0.4) is 0 Å². The first kappa shape index (κ1) is 16.2. The van der Waals surface area contributed by atoms with E-state index in [1.165, 1.54) is 25.2 Å². The molecule has 1 saturated heterocycles. The lowest BCUT2D eigenvalue weighted by Gasteiger charge is -2.37. The van der Waals surface area contributed by atoms with Crippen molar-refractivity contribution in [1.82, 2.24) is 4.90 Å². The average Bonchev–Trinajstić information content (AvgIpc) is 2.53. The van der Waals surface area contributed by atoms with Crippen molar-refractivity contribution in [3.63, 3.8) is 0 Å². The third kappa shape index (κ3) is 3.18. The van der Waals surface area contributed by atoms with Crippen LogP contribution in [0.5, 0.6) is 0 Å². The van der Waals surface area contributed by atoms with E-state index in [1.807, 2.05) is 0 Å². The maximum Gasteiger partial charge on any atom is 0.409 e. The molecular formula is C15H17F2NO4. The molecule has 22 heavy (non-hydrogen) atoms. The standard InChI is InChI=1S/C15H17F2NO4/c1-21-14(19)9-5-6-18(15(20)22-2)13(7-9)11-4-3-10(16)8-12(11)17/h3-4,8-9,13H,5-7H2,1-2H3. The molecule has 1 aliphatic heterocycles. The summed E-state index contributed by atoms with van der Waals surface area (Å²) in [5.41, 5.74) is 0.153. The molecule has 0 bridgehead atoms. The average molecular weight is 313 g/mol. The zero-order valence-corrected chi connectivity index (χ0v) is 12.3. The van der Waals surface area contributed by atoms with Crippen LogP contribution in [0.4, 0.5) is 13.6 Å². The molecule has 0 aromatic heterocycles. The summed E-state index contributed by atoms with van der Waals surface area (Å²) in [6, 6.07) is 2.46. The molecule has 0 radical (unpaired) electrons. The van der Waals surface area contributed by atoms with Crippen molar-refractivity contribution in [2.75, 3.05) is 20.8 Å². The Morgan fingerprint density at radius 2 is 1.95 bits per heavy atom. The quantitative estimate of drug-likeness (QED) is 0.788. The van der Waals surface area contributed by atoms with Crippen LogP contribution in [0.1, 0.15) is 24.4 Å². The van der Waals surface area contributed by atoms with Gasteiger partial charge in [-0.3, -0.25) is 4.79 Å². The molecule has 2 rings (SSSR count). The van der Waals surface area contributed by atoms with E-state index >= 15 is 0 Å². The summed E-state index contributed by atoms with van der Waals surface area (Å²) in [6.45, 7) is 0.230. The van der Waals surface area contributed by atoms with Gasteiger partial charge in [-0.1, -0.05) is 6.07 Å². The number of carbonyl (C=O) groups excluding carboxylic acids is 2. The van der Waals surface area contributed by atoms with Gasteiger partial charge in [-0.15, -0.1) is 0 Å². The highest BCUT2D eigenvalue weighted by molar-refractivity contribution is 5.74. The largest absolute Gasteiger partial charge is 0.469 e. The first-order valence-corrected chi connectivity index (χ1v) is 6.85. The van der Waals surface area contributed by atoms with E-state index in [-0.39, 0.29) is 18.5 Å². The summed E-state index contributed by atoms with van der Waals surface area (Å²) < 4.78 is 36.5. The normalized spacial score (nSPS) is 21.4. The van der Waals surface area contributed by atoms with Gasteiger partial charge < -0.3 is 14.4 Å². The molecule has 5 nitrogen and oxygen atoms in total. The fourth-order valence-electron chi connectivity index (χ4n) is 2.75. The number of piperidine rings is 1. The van der Waals surface area contributed by atoms with Gasteiger partial charge in [0.15, 0.2) is 0 Å². The molecule has 1 heterocycles. The molecule has 7 heteroatoms. The van der Waals surface area contributed by atoms with Crippen LogP contribution in [0, 0.1) is 17.6 Å². The number of benzene rings is 1. The Labute approximate surface area is 126 Å². The lowest BCUT2D eigenvalue weighted by molar-refractivity contribution is -0.147. The number of methoxy groups -OCH3 is 2. The minimum Gasteiger partial charge on any atom is -0.469 e. The lowest BCUT2D eigenvalue weighted by Crippen LogP contribution is -2.43. The second-order valence-electron chi connectivity index (χ2n) is 5.09. The number of esters is 1. The molecule has 1 fully saturated rings. The number of hydrogen-bond donors (Lipinski definition) is 0. The summed E-state index contributed by atoms with van der Waals surface area (Å²) >= 11 is 0. The molecule has 0 spiro atoms. The van der Waals surface area contributed by atoms with E-state index in [4.69, 9.17) is 9.47 Å². The van der Waals surface area contributed by atoms with E-state index in [9.17, 15) is 18.4 Å². The van der Waals surface area contributed by atoms with E-state index in [2.05, 4.69) is 0 Å². The number of carbonyl (C=O) groups is 2. The summed E-state index contributed by atoms with van der Waals surface area (Å²) in [7, 11) is 2.51. The van der Waals surface area contributed by atoms with Crippen molar-refractivity contribution in [1.29, 1.82) is 0 Å². The van der Waals surface area contributed by atoms with Gasteiger partial charge in [0.05, 0.1) is 26.2 Å². The molecule has 1 amide bonds. The Hall–Kier alpha value is -2.18. The Kier molecular flexibility index (Phi) is 4.95. The van der Waals surface area contributed by atoms with Crippen LogP contribution < -0.4 is 0 Å². The lowest BCUT2D eigenvalue weighted by atomic mass is 9.87. The van der Waals surface area contributed by atoms with Crippen molar-refractivity contribution in [2.24, 2.45) is 5.92 Å². The van der Waals surface area contributed by atoms with Crippen LogP contribution in [0.15, 0.2) is 18.2 Å². The van der Waals surface area contributed by atoms with Crippen molar-refractivity contribution in [2.45, 2.75) is 18.9 Å².